The number of para-hydroxylation sites is 2. The third-order valence-corrected chi connectivity index (χ3v) is 5.28. The summed E-state index contributed by atoms with van der Waals surface area (Å²) in [6.07, 6.45) is -0.0987. The van der Waals surface area contributed by atoms with Gasteiger partial charge in [0.15, 0.2) is 0 Å². The Morgan fingerprint density at radius 2 is 1.97 bits per heavy atom. The minimum Gasteiger partial charge on any atom is -0.495 e. The lowest BCUT2D eigenvalue weighted by molar-refractivity contribution is -0.122. The predicted molar refractivity (Wildman–Crippen MR) is 107 cm³/mol. The van der Waals surface area contributed by atoms with Gasteiger partial charge < -0.3 is 19.7 Å². The molecule has 10 heteroatoms. The van der Waals surface area contributed by atoms with Crippen LogP contribution in [0.1, 0.15) is 12.8 Å². The van der Waals surface area contributed by atoms with E-state index in [2.05, 4.69) is 5.32 Å². The summed E-state index contributed by atoms with van der Waals surface area (Å²) in [6, 6.07) is 11.1. The van der Waals surface area contributed by atoms with Gasteiger partial charge in [-0.05, 0) is 30.3 Å². The van der Waals surface area contributed by atoms with Gasteiger partial charge in [0, 0.05) is 12.8 Å². The second-order valence-electron chi connectivity index (χ2n) is 6.32. The van der Waals surface area contributed by atoms with Crippen LogP contribution in [0, 0.1) is 0 Å². The highest BCUT2D eigenvalue weighted by Crippen LogP contribution is 2.31. The van der Waals surface area contributed by atoms with Crippen LogP contribution in [-0.4, -0.2) is 40.5 Å². The molecule has 0 bridgehead atoms. The number of benzene rings is 2. The number of anilines is 2. The van der Waals surface area contributed by atoms with Crippen molar-refractivity contribution in [3.05, 3.63) is 42.5 Å². The lowest BCUT2D eigenvalue weighted by Crippen LogP contribution is -2.38. The Hall–Kier alpha value is -3.11. The van der Waals surface area contributed by atoms with Crippen molar-refractivity contribution in [3.63, 3.8) is 0 Å². The van der Waals surface area contributed by atoms with E-state index in [9.17, 15) is 18.0 Å². The number of hydrogen-bond donors (Lipinski definition) is 2. The molecule has 0 fully saturated rings. The fraction of sp³-hybridized carbons (Fsp3) is 0.263. The number of ether oxygens (including phenoxy) is 2. The normalized spacial score (nSPS) is 13.2. The molecule has 1 heterocycles. The van der Waals surface area contributed by atoms with Gasteiger partial charge in [0.25, 0.3) is 0 Å². The van der Waals surface area contributed by atoms with Crippen molar-refractivity contribution >= 4 is 33.2 Å². The Labute approximate surface area is 168 Å². The molecule has 0 aromatic heterocycles. The van der Waals surface area contributed by atoms with E-state index in [4.69, 9.17) is 14.6 Å². The molecule has 0 aliphatic carbocycles. The fourth-order valence-corrected chi connectivity index (χ4v) is 3.50. The van der Waals surface area contributed by atoms with Crippen molar-refractivity contribution in [1.82, 2.24) is 0 Å². The summed E-state index contributed by atoms with van der Waals surface area (Å²) in [5.41, 5.74) is 0.833. The van der Waals surface area contributed by atoms with Crippen molar-refractivity contribution in [1.29, 1.82) is 0 Å². The molecule has 154 valence electrons. The number of carbonyl (C=O) groups is 2. The van der Waals surface area contributed by atoms with Crippen LogP contribution < -0.4 is 24.8 Å². The minimum absolute atomic E-state index is 0.0165. The second-order valence-corrected chi connectivity index (χ2v) is 7.88. The third kappa shape index (κ3) is 4.84. The van der Waals surface area contributed by atoms with E-state index in [1.165, 1.54) is 25.3 Å². The van der Waals surface area contributed by atoms with Crippen LogP contribution in [0.25, 0.3) is 0 Å². The van der Waals surface area contributed by atoms with Crippen LogP contribution >= 0.6 is 0 Å². The van der Waals surface area contributed by atoms with E-state index >= 15 is 0 Å². The summed E-state index contributed by atoms with van der Waals surface area (Å²) < 4.78 is 33.7. The van der Waals surface area contributed by atoms with Crippen molar-refractivity contribution in [3.8, 4) is 11.5 Å². The molecule has 0 saturated carbocycles. The maximum Gasteiger partial charge on any atom is 0.238 e. The largest absolute Gasteiger partial charge is 0.495 e. The van der Waals surface area contributed by atoms with E-state index in [0.29, 0.717) is 24.6 Å². The highest BCUT2D eigenvalue weighted by atomic mass is 32.2. The summed E-state index contributed by atoms with van der Waals surface area (Å²) in [5, 5.41) is 7.70. The summed E-state index contributed by atoms with van der Waals surface area (Å²) in [4.78, 5) is 26.4. The fourth-order valence-electron chi connectivity index (χ4n) is 2.96. The minimum atomic E-state index is -3.93. The van der Waals surface area contributed by atoms with Crippen LogP contribution in [0.4, 0.5) is 11.4 Å². The highest BCUT2D eigenvalue weighted by molar-refractivity contribution is 7.89. The predicted octanol–water partition coefficient (Wildman–Crippen LogP) is 1.49. The van der Waals surface area contributed by atoms with Crippen LogP contribution in [0.3, 0.4) is 0 Å². The number of primary sulfonamides is 1. The third-order valence-electron chi connectivity index (χ3n) is 4.37. The van der Waals surface area contributed by atoms with Crippen molar-refractivity contribution < 1.29 is 27.5 Å². The number of methoxy groups -OCH3 is 1. The molecule has 2 aromatic rings. The van der Waals surface area contributed by atoms with Gasteiger partial charge in [-0.2, -0.15) is 0 Å². The van der Waals surface area contributed by atoms with Crippen molar-refractivity contribution in [2.75, 3.05) is 30.5 Å². The molecule has 3 N–H and O–H groups in total. The van der Waals surface area contributed by atoms with E-state index < -0.39 is 15.9 Å². The number of nitrogens with zero attached hydrogens (tertiary/aromatic N) is 1. The Morgan fingerprint density at radius 1 is 1.21 bits per heavy atom. The summed E-state index contributed by atoms with van der Waals surface area (Å²) in [7, 11) is -2.54. The van der Waals surface area contributed by atoms with E-state index in [1.54, 1.807) is 17.0 Å². The molecule has 1 aliphatic heterocycles. The molecule has 0 spiro atoms. The lowest BCUT2D eigenvalue weighted by atomic mass is 10.2. The first-order valence-electron chi connectivity index (χ1n) is 8.82. The van der Waals surface area contributed by atoms with Crippen LogP contribution in [0.5, 0.6) is 11.5 Å². The standard InChI is InChI=1S/C19H21N3O6S/c1-27-16-7-6-13(29(20,25)26)12-14(16)21-18(23)8-9-19(24)22-10-11-28-17-5-3-2-4-15(17)22/h2-7,12H,8-11H2,1H3,(H,21,23)(H2,20,25,26). The zero-order chi connectivity index (χ0) is 21.0. The topological polar surface area (TPSA) is 128 Å². The van der Waals surface area contributed by atoms with Gasteiger partial charge >= 0.3 is 0 Å². The zero-order valence-electron chi connectivity index (χ0n) is 15.8. The van der Waals surface area contributed by atoms with Gasteiger partial charge in [-0.15, -0.1) is 0 Å². The number of amides is 2. The molecule has 9 nitrogen and oxygen atoms in total. The Balaban J connectivity index is 1.66. The number of carbonyl (C=O) groups excluding carboxylic acids is 2. The Kier molecular flexibility index (Phi) is 6.04. The lowest BCUT2D eigenvalue weighted by Gasteiger charge is -2.29. The zero-order valence-corrected chi connectivity index (χ0v) is 16.6. The maximum atomic E-state index is 12.6. The van der Waals surface area contributed by atoms with E-state index in [0.717, 1.165) is 0 Å². The number of fused-ring (bicyclic) bond motifs is 1. The monoisotopic (exact) mass is 419 g/mol. The summed E-state index contributed by atoms with van der Waals surface area (Å²) in [5.74, 6) is 0.242. The molecular weight excluding hydrogens is 398 g/mol. The van der Waals surface area contributed by atoms with Crippen molar-refractivity contribution in [2.45, 2.75) is 17.7 Å². The van der Waals surface area contributed by atoms with Gasteiger partial charge in [-0.25, -0.2) is 13.6 Å². The smallest absolute Gasteiger partial charge is 0.238 e. The SMILES string of the molecule is COc1ccc(S(N)(=O)=O)cc1NC(=O)CCC(=O)N1CCOc2ccccc21. The molecule has 0 unspecified atom stereocenters. The van der Waals surface area contributed by atoms with E-state index in [1.807, 2.05) is 12.1 Å². The molecule has 1 aliphatic rings. The number of nitrogens with two attached hydrogens (primary N) is 1. The molecule has 3 rings (SSSR count). The maximum absolute atomic E-state index is 12.6. The van der Waals surface area contributed by atoms with Crippen LogP contribution in [0.2, 0.25) is 0 Å². The van der Waals surface area contributed by atoms with Gasteiger partial charge in [-0.1, -0.05) is 12.1 Å². The summed E-state index contributed by atoms with van der Waals surface area (Å²) in [6.45, 7) is 0.786. The highest BCUT2D eigenvalue weighted by Gasteiger charge is 2.23. The molecule has 2 amide bonds. The summed E-state index contributed by atoms with van der Waals surface area (Å²) >= 11 is 0. The molecule has 29 heavy (non-hydrogen) atoms. The first-order valence-corrected chi connectivity index (χ1v) is 10.4. The average molecular weight is 419 g/mol. The molecule has 0 saturated heterocycles. The second kappa shape index (κ2) is 8.50. The number of hydrogen-bond acceptors (Lipinski definition) is 6. The molecule has 0 atom stereocenters. The van der Waals surface area contributed by atoms with Crippen LogP contribution in [0.15, 0.2) is 47.4 Å². The Bertz CT molecular complexity index is 1040. The first-order chi connectivity index (χ1) is 13.8. The molecular formula is C19H21N3O6S. The molecule has 0 radical (unpaired) electrons. The van der Waals surface area contributed by atoms with E-state index in [-0.39, 0.29) is 35.1 Å². The molecule has 2 aromatic carbocycles. The number of rotatable bonds is 6. The van der Waals surface area contributed by atoms with Crippen molar-refractivity contribution in [2.24, 2.45) is 5.14 Å². The van der Waals surface area contributed by atoms with Crippen LogP contribution in [-0.2, 0) is 19.6 Å². The van der Waals surface area contributed by atoms with Gasteiger partial charge in [0.2, 0.25) is 21.8 Å². The first kappa shape index (κ1) is 20.6. The van der Waals surface area contributed by atoms with Gasteiger partial charge in [-0.3, -0.25) is 9.59 Å². The quantitative estimate of drug-likeness (QED) is 0.730. The average Bonchev–Trinajstić information content (AvgIpc) is 2.71. The van der Waals surface area contributed by atoms with Gasteiger partial charge in [0.1, 0.15) is 18.1 Å². The number of nitrogens with one attached hydrogen (secondary N) is 1. The Morgan fingerprint density at radius 3 is 2.69 bits per heavy atom. The number of sulfonamides is 1. The van der Waals surface area contributed by atoms with Gasteiger partial charge in [0.05, 0.1) is 29.9 Å².